The summed E-state index contributed by atoms with van der Waals surface area (Å²) < 4.78 is 8.74. The zero-order valence-electron chi connectivity index (χ0n) is 13.2. The summed E-state index contributed by atoms with van der Waals surface area (Å²) in [5, 5.41) is 0. The van der Waals surface area contributed by atoms with Gasteiger partial charge in [0, 0.05) is 0 Å². The summed E-state index contributed by atoms with van der Waals surface area (Å²) in [7, 11) is -3.13. The summed E-state index contributed by atoms with van der Waals surface area (Å²) >= 11 is 0. The molecule has 0 radical (unpaired) electrons. The van der Waals surface area contributed by atoms with Crippen molar-refractivity contribution in [3.05, 3.63) is 63.3 Å². The van der Waals surface area contributed by atoms with E-state index in [1.54, 1.807) is 30.4 Å². The summed E-state index contributed by atoms with van der Waals surface area (Å²) in [5.41, 5.74) is 0. The Morgan fingerprint density at radius 3 is 0.632 bits per heavy atom. The lowest BCUT2D eigenvalue weighted by atomic mass is 10.8. The van der Waals surface area contributed by atoms with Crippen LogP contribution in [0.3, 0.4) is 0 Å². The average molecular weight is 292 g/mol. The van der Waals surface area contributed by atoms with Gasteiger partial charge in [-0.2, -0.15) is 0 Å². The Labute approximate surface area is 121 Å². The third-order valence-electron chi connectivity index (χ3n) is 0. The lowest BCUT2D eigenvalue weighted by Crippen LogP contribution is -1.38. The van der Waals surface area contributed by atoms with Gasteiger partial charge in [0.2, 0.25) is 0 Å². The fourth-order valence-electron chi connectivity index (χ4n) is 0. The maximum Gasteiger partial charge on any atom is 0.314 e. The highest BCUT2D eigenvalue weighted by Crippen LogP contribution is 1.98. The molecule has 4 heteroatoms. The molecule has 0 rings (SSSR count). The molecule has 0 aliphatic heterocycles. The van der Waals surface area contributed by atoms with Gasteiger partial charge in [0.25, 0.3) is 0 Å². The molecule has 0 aliphatic rings. The Bertz CT molecular complexity index is 149. The van der Waals surface area contributed by atoms with Crippen molar-refractivity contribution >= 4 is 8.25 Å². The summed E-state index contributed by atoms with van der Waals surface area (Å²) in [6.07, 6.45) is 8.75. The average Bonchev–Trinajstić information content (AvgIpc) is 2.21. The van der Waals surface area contributed by atoms with Gasteiger partial charge >= 0.3 is 8.25 Å². The SMILES string of the molecule is C=CC.C=CC.C=CC.C=CC.C=CC.O=[PH](O)O. The van der Waals surface area contributed by atoms with Crippen molar-refractivity contribution in [2.75, 3.05) is 0 Å². The molecule has 3 nitrogen and oxygen atoms in total. The predicted molar refractivity (Wildman–Crippen MR) is 92.8 cm³/mol. The van der Waals surface area contributed by atoms with E-state index in [4.69, 9.17) is 14.4 Å². The van der Waals surface area contributed by atoms with Crippen LogP contribution in [-0.2, 0) is 4.57 Å². The first kappa shape index (κ1) is 36.1. The van der Waals surface area contributed by atoms with Crippen LogP contribution in [0, 0.1) is 0 Å². The Hall–Kier alpha value is -1.15. The molecule has 0 saturated carbocycles. The standard InChI is InChI=1S/5C3H6.H3O3P/c5*1-3-2;1-4(2)3/h5*3H,1H2,2H3;4H,(H2,1,2,3). The normalized spacial score (nSPS) is 5.26. The number of allylic oxidation sites excluding steroid dienone is 5. The van der Waals surface area contributed by atoms with E-state index in [9.17, 15) is 0 Å². The van der Waals surface area contributed by atoms with E-state index in [0.717, 1.165) is 0 Å². The highest BCUT2D eigenvalue weighted by Gasteiger charge is 1.61. The number of hydrogen-bond donors (Lipinski definition) is 2. The van der Waals surface area contributed by atoms with Gasteiger partial charge in [0.1, 0.15) is 0 Å². The van der Waals surface area contributed by atoms with Crippen molar-refractivity contribution in [3.63, 3.8) is 0 Å². The van der Waals surface area contributed by atoms with Gasteiger partial charge in [-0.05, 0) is 34.6 Å². The lowest BCUT2D eigenvalue weighted by molar-refractivity contribution is 0.405. The molecule has 0 heterocycles. The molecule has 0 amide bonds. The molecule has 19 heavy (non-hydrogen) atoms. The molecule has 0 aromatic rings. The second-order valence-corrected chi connectivity index (χ2v) is 2.89. The van der Waals surface area contributed by atoms with Crippen molar-refractivity contribution in [1.82, 2.24) is 0 Å². The summed E-state index contributed by atoms with van der Waals surface area (Å²) in [6, 6.07) is 0. The number of rotatable bonds is 0. The van der Waals surface area contributed by atoms with Crippen LogP contribution in [0.15, 0.2) is 63.3 Å². The smallest absolute Gasteiger partial charge is 0.314 e. The highest BCUT2D eigenvalue weighted by molar-refractivity contribution is 7.30. The fourth-order valence-corrected chi connectivity index (χ4v) is 0. The predicted octanol–water partition coefficient (Wildman–Crippen LogP) is 5.32. The van der Waals surface area contributed by atoms with E-state index in [2.05, 4.69) is 32.9 Å². The lowest BCUT2D eigenvalue weighted by Gasteiger charge is -1.61. The third kappa shape index (κ3) is 2810. The Balaban J connectivity index is -0.0000000268. The van der Waals surface area contributed by atoms with Gasteiger partial charge in [-0.15, -0.1) is 32.9 Å². The molecular weight excluding hydrogens is 259 g/mol. The van der Waals surface area contributed by atoms with Crippen LogP contribution in [-0.4, -0.2) is 9.79 Å². The first-order chi connectivity index (χ1) is 8.80. The van der Waals surface area contributed by atoms with E-state index in [-0.39, 0.29) is 0 Å². The Morgan fingerprint density at radius 2 is 0.632 bits per heavy atom. The maximum absolute atomic E-state index is 8.74. The van der Waals surface area contributed by atoms with Crippen molar-refractivity contribution in [3.8, 4) is 0 Å². The monoisotopic (exact) mass is 292 g/mol. The Kier molecular flexibility index (Phi) is 171. The molecule has 0 unspecified atom stereocenters. The van der Waals surface area contributed by atoms with E-state index in [1.807, 2.05) is 34.6 Å². The van der Waals surface area contributed by atoms with Gasteiger partial charge in [-0.3, -0.25) is 4.57 Å². The van der Waals surface area contributed by atoms with Crippen LogP contribution < -0.4 is 0 Å². The molecular formula is C15H33O3P. The minimum Gasteiger partial charge on any atom is -0.326 e. The topological polar surface area (TPSA) is 57.5 Å². The largest absolute Gasteiger partial charge is 0.326 e. The van der Waals surface area contributed by atoms with Crippen LogP contribution >= 0.6 is 8.25 Å². The second-order valence-electron chi connectivity index (χ2n) is 2.32. The van der Waals surface area contributed by atoms with Crippen molar-refractivity contribution in [2.24, 2.45) is 0 Å². The van der Waals surface area contributed by atoms with Crippen LogP contribution in [0.4, 0.5) is 0 Å². The van der Waals surface area contributed by atoms with Gasteiger partial charge in [-0.25, -0.2) is 0 Å². The van der Waals surface area contributed by atoms with Gasteiger partial charge in [-0.1, -0.05) is 30.4 Å². The molecule has 0 atom stereocenters. The molecule has 0 saturated heterocycles. The minimum absolute atomic E-state index is 1.75. The first-order valence-electron chi connectivity index (χ1n) is 5.58. The molecule has 116 valence electrons. The molecule has 0 aromatic heterocycles. The van der Waals surface area contributed by atoms with Gasteiger partial charge in [0.15, 0.2) is 0 Å². The van der Waals surface area contributed by atoms with E-state index < -0.39 is 8.25 Å². The van der Waals surface area contributed by atoms with Crippen LogP contribution in [0.25, 0.3) is 0 Å². The summed E-state index contributed by atoms with van der Waals surface area (Å²) in [6.45, 7) is 26.2. The van der Waals surface area contributed by atoms with Crippen LogP contribution in [0.2, 0.25) is 0 Å². The van der Waals surface area contributed by atoms with Crippen molar-refractivity contribution in [1.29, 1.82) is 0 Å². The van der Waals surface area contributed by atoms with Crippen LogP contribution in [0.1, 0.15) is 34.6 Å². The summed E-state index contributed by atoms with van der Waals surface area (Å²) in [5.74, 6) is 0. The molecule has 0 bridgehead atoms. The minimum atomic E-state index is -3.13. The van der Waals surface area contributed by atoms with Crippen molar-refractivity contribution in [2.45, 2.75) is 34.6 Å². The number of hydrogen-bond acceptors (Lipinski definition) is 1. The quantitative estimate of drug-likeness (QED) is 0.469. The molecule has 0 spiro atoms. The van der Waals surface area contributed by atoms with E-state index in [0.29, 0.717) is 0 Å². The zero-order chi connectivity index (χ0) is 17.1. The van der Waals surface area contributed by atoms with Gasteiger partial charge < -0.3 is 9.79 Å². The first-order valence-corrected chi connectivity index (χ1v) is 6.88. The second kappa shape index (κ2) is 90.2. The van der Waals surface area contributed by atoms with E-state index >= 15 is 0 Å². The molecule has 0 aliphatic carbocycles. The van der Waals surface area contributed by atoms with Crippen LogP contribution in [0.5, 0.6) is 0 Å². The highest BCUT2D eigenvalue weighted by atomic mass is 31.1. The maximum atomic E-state index is 8.74. The molecule has 2 N–H and O–H groups in total. The summed E-state index contributed by atoms with van der Waals surface area (Å²) in [4.78, 5) is 14.3. The van der Waals surface area contributed by atoms with E-state index in [1.165, 1.54) is 0 Å². The van der Waals surface area contributed by atoms with Crippen molar-refractivity contribution < 1.29 is 14.4 Å². The third-order valence-corrected chi connectivity index (χ3v) is 0. The zero-order valence-corrected chi connectivity index (χ0v) is 14.2. The van der Waals surface area contributed by atoms with Gasteiger partial charge in [0.05, 0.1) is 0 Å². The Morgan fingerprint density at radius 1 is 0.632 bits per heavy atom. The fraction of sp³-hybridized carbons (Fsp3) is 0.333. The molecule has 0 aromatic carbocycles. The molecule has 0 fully saturated rings.